The van der Waals surface area contributed by atoms with Gasteiger partial charge in [-0.3, -0.25) is 0 Å². The first-order valence-electron chi connectivity index (χ1n) is 6.51. The molecular formula is C16H24OSi. The summed E-state index contributed by atoms with van der Waals surface area (Å²) in [4.78, 5) is 0. The van der Waals surface area contributed by atoms with Crippen LogP contribution in [0, 0.1) is 11.5 Å². The zero-order chi connectivity index (χ0) is 13.6. The topological polar surface area (TPSA) is 9.23 Å². The van der Waals surface area contributed by atoms with Gasteiger partial charge >= 0.3 is 0 Å². The van der Waals surface area contributed by atoms with Crippen molar-refractivity contribution in [2.75, 3.05) is 6.61 Å². The summed E-state index contributed by atoms with van der Waals surface area (Å²) in [5, 5.41) is 1.40. The molecule has 2 heteroatoms. The van der Waals surface area contributed by atoms with E-state index in [-0.39, 0.29) is 5.60 Å². The van der Waals surface area contributed by atoms with E-state index in [1.54, 1.807) is 0 Å². The third-order valence-electron chi connectivity index (χ3n) is 2.66. The van der Waals surface area contributed by atoms with E-state index >= 15 is 0 Å². The van der Waals surface area contributed by atoms with Crippen molar-refractivity contribution in [3.8, 4) is 11.5 Å². The molecule has 0 N–H and O–H groups in total. The number of rotatable bonds is 3. The Hall–Kier alpha value is -1.04. The number of benzene rings is 1. The average molecular weight is 260 g/mol. The van der Waals surface area contributed by atoms with Crippen LogP contribution < -0.4 is 5.19 Å². The Balaban J connectivity index is 2.52. The molecule has 0 radical (unpaired) electrons. The fourth-order valence-corrected chi connectivity index (χ4v) is 3.36. The molecule has 0 unspecified atom stereocenters. The van der Waals surface area contributed by atoms with Crippen molar-refractivity contribution >= 4 is 13.3 Å². The highest BCUT2D eigenvalue weighted by Gasteiger charge is 2.20. The van der Waals surface area contributed by atoms with Crippen molar-refractivity contribution in [2.24, 2.45) is 0 Å². The number of hydrogen-bond acceptors (Lipinski definition) is 1. The molecule has 1 nitrogen and oxygen atoms in total. The highest BCUT2D eigenvalue weighted by Crippen LogP contribution is 2.06. The van der Waals surface area contributed by atoms with Gasteiger partial charge in [0.15, 0.2) is 8.07 Å². The van der Waals surface area contributed by atoms with Crippen molar-refractivity contribution in [2.45, 2.75) is 45.9 Å². The van der Waals surface area contributed by atoms with Gasteiger partial charge in [0.05, 0.1) is 12.2 Å². The molecule has 1 aromatic rings. The first-order valence-corrected chi connectivity index (χ1v) is 9.51. The van der Waals surface area contributed by atoms with Gasteiger partial charge in [-0.15, -0.1) is 11.5 Å². The Labute approximate surface area is 113 Å². The molecule has 0 bridgehead atoms. The molecule has 0 spiro atoms. The van der Waals surface area contributed by atoms with Crippen LogP contribution in [-0.2, 0) is 4.74 Å². The Morgan fingerprint density at radius 2 is 1.72 bits per heavy atom. The normalized spacial score (nSPS) is 11.8. The highest BCUT2D eigenvalue weighted by atomic mass is 28.3. The Morgan fingerprint density at radius 1 is 1.11 bits per heavy atom. The summed E-state index contributed by atoms with van der Waals surface area (Å²) in [6.45, 7) is 11.5. The molecule has 0 fully saturated rings. The van der Waals surface area contributed by atoms with Crippen LogP contribution in [0.25, 0.3) is 0 Å². The van der Waals surface area contributed by atoms with Gasteiger partial charge in [0.2, 0.25) is 0 Å². The van der Waals surface area contributed by atoms with Crippen LogP contribution in [0.1, 0.15) is 27.2 Å². The fourth-order valence-electron chi connectivity index (χ4n) is 1.62. The summed E-state index contributed by atoms with van der Waals surface area (Å²) in [6.07, 6.45) is 0.820. The molecule has 0 aromatic heterocycles. The van der Waals surface area contributed by atoms with E-state index < -0.39 is 8.07 Å². The van der Waals surface area contributed by atoms with Gasteiger partial charge in [0.25, 0.3) is 0 Å². The summed E-state index contributed by atoms with van der Waals surface area (Å²) in [5.41, 5.74) is 3.41. The lowest BCUT2D eigenvalue weighted by atomic mass is 10.2. The molecule has 0 saturated carbocycles. The standard InChI is InChI=1S/C16H24OSi/c1-16(2,3)17-13-9-10-14-18(4,5)15-11-7-6-8-12-15/h6-8,11-12H,9,13H2,1-5H3. The van der Waals surface area contributed by atoms with Crippen LogP contribution in [0.5, 0.6) is 0 Å². The minimum absolute atomic E-state index is 0.0615. The van der Waals surface area contributed by atoms with Crippen LogP contribution in [0.2, 0.25) is 13.1 Å². The lowest BCUT2D eigenvalue weighted by Crippen LogP contribution is -2.39. The largest absolute Gasteiger partial charge is 0.375 e. The zero-order valence-corrected chi connectivity index (χ0v) is 13.2. The van der Waals surface area contributed by atoms with Gasteiger partial charge in [-0.1, -0.05) is 43.4 Å². The lowest BCUT2D eigenvalue weighted by molar-refractivity contribution is 0.000605. The molecule has 0 aliphatic carbocycles. The summed E-state index contributed by atoms with van der Waals surface area (Å²) in [5.74, 6) is 3.28. The fraction of sp³-hybridized carbons (Fsp3) is 0.500. The van der Waals surface area contributed by atoms with E-state index in [1.165, 1.54) is 5.19 Å². The SMILES string of the molecule is CC(C)(C)OCCC#C[Si](C)(C)c1ccccc1. The zero-order valence-electron chi connectivity index (χ0n) is 12.2. The molecule has 0 aliphatic heterocycles. The molecule has 0 amide bonds. The Morgan fingerprint density at radius 3 is 2.28 bits per heavy atom. The minimum atomic E-state index is -1.59. The van der Waals surface area contributed by atoms with Gasteiger partial charge in [-0.2, -0.15) is 0 Å². The van der Waals surface area contributed by atoms with Crippen molar-refractivity contribution in [3.63, 3.8) is 0 Å². The maximum absolute atomic E-state index is 5.66. The smallest absolute Gasteiger partial charge is 0.162 e. The predicted octanol–water partition coefficient (Wildman–Crippen LogP) is 3.35. The first kappa shape index (κ1) is 15.0. The third-order valence-corrected chi connectivity index (χ3v) is 5.24. The van der Waals surface area contributed by atoms with Crippen molar-refractivity contribution in [3.05, 3.63) is 30.3 Å². The minimum Gasteiger partial charge on any atom is -0.375 e. The third kappa shape index (κ3) is 5.53. The van der Waals surface area contributed by atoms with E-state index in [4.69, 9.17) is 4.74 Å². The Bertz CT molecular complexity index is 418. The lowest BCUT2D eigenvalue weighted by Gasteiger charge is -2.18. The second-order valence-corrected chi connectivity index (χ2v) is 10.1. The van der Waals surface area contributed by atoms with Crippen molar-refractivity contribution in [1.82, 2.24) is 0 Å². The molecule has 0 heterocycles. The molecule has 0 aliphatic rings. The quantitative estimate of drug-likeness (QED) is 0.460. The monoisotopic (exact) mass is 260 g/mol. The van der Waals surface area contributed by atoms with Crippen molar-refractivity contribution in [1.29, 1.82) is 0 Å². The average Bonchev–Trinajstić information content (AvgIpc) is 2.28. The second-order valence-electron chi connectivity index (χ2n) is 6.00. The van der Waals surface area contributed by atoms with Gasteiger partial charge in [0, 0.05) is 6.42 Å². The van der Waals surface area contributed by atoms with Crippen LogP contribution >= 0.6 is 0 Å². The maximum atomic E-state index is 5.66. The molecule has 98 valence electrons. The predicted molar refractivity (Wildman–Crippen MR) is 81.7 cm³/mol. The van der Waals surface area contributed by atoms with Gasteiger partial charge in [0.1, 0.15) is 0 Å². The van der Waals surface area contributed by atoms with Crippen LogP contribution in [0.3, 0.4) is 0 Å². The molecule has 18 heavy (non-hydrogen) atoms. The second kappa shape index (κ2) is 6.22. The van der Waals surface area contributed by atoms with Gasteiger partial charge < -0.3 is 4.74 Å². The molecular weight excluding hydrogens is 236 g/mol. The first-order chi connectivity index (χ1) is 8.31. The van der Waals surface area contributed by atoms with E-state index in [0.717, 1.165) is 13.0 Å². The van der Waals surface area contributed by atoms with Gasteiger partial charge in [-0.25, -0.2) is 0 Å². The van der Waals surface area contributed by atoms with E-state index in [0.29, 0.717) is 0 Å². The summed E-state index contributed by atoms with van der Waals surface area (Å²) >= 11 is 0. The van der Waals surface area contributed by atoms with Crippen LogP contribution in [-0.4, -0.2) is 20.3 Å². The molecule has 1 rings (SSSR count). The molecule has 1 aromatic carbocycles. The Kier molecular flexibility index (Phi) is 5.19. The van der Waals surface area contributed by atoms with E-state index in [2.05, 4.69) is 75.7 Å². The summed E-state index contributed by atoms with van der Waals surface area (Å²) in [7, 11) is -1.59. The maximum Gasteiger partial charge on any atom is 0.162 e. The summed E-state index contributed by atoms with van der Waals surface area (Å²) in [6, 6.07) is 10.6. The van der Waals surface area contributed by atoms with Crippen LogP contribution in [0.15, 0.2) is 30.3 Å². The van der Waals surface area contributed by atoms with Gasteiger partial charge in [-0.05, 0) is 26.0 Å². The molecule has 0 saturated heterocycles. The van der Waals surface area contributed by atoms with E-state index in [1.807, 2.05) is 0 Å². The number of hydrogen-bond donors (Lipinski definition) is 0. The highest BCUT2D eigenvalue weighted by molar-refractivity contribution is 6.96. The van der Waals surface area contributed by atoms with Crippen LogP contribution in [0.4, 0.5) is 0 Å². The number of ether oxygens (including phenoxy) is 1. The van der Waals surface area contributed by atoms with E-state index in [9.17, 15) is 0 Å². The van der Waals surface area contributed by atoms with Crippen molar-refractivity contribution < 1.29 is 4.74 Å². The molecule has 0 atom stereocenters. The summed E-state index contributed by atoms with van der Waals surface area (Å²) < 4.78 is 5.66.